The molecule has 0 radical (unpaired) electrons. The molecule has 18 heavy (non-hydrogen) atoms. The molecule has 1 aliphatic heterocycles. The zero-order valence-electron chi connectivity index (χ0n) is 11.8. The highest BCUT2D eigenvalue weighted by Crippen LogP contribution is 2.15. The molecular formula is C14H24N4. The first-order chi connectivity index (χ1) is 8.69. The van der Waals surface area contributed by atoms with E-state index >= 15 is 0 Å². The molecule has 100 valence electrons. The van der Waals surface area contributed by atoms with Gasteiger partial charge in [0.25, 0.3) is 0 Å². The smallest absolute Gasteiger partial charge is 0.127 e. The average molecular weight is 248 g/mol. The van der Waals surface area contributed by atoms with Gasteiger partial charge in [0.2, 0.25) is 0 Å². The van der Waals surface area contributed by atoms with Crippen molar-refractivity contribution in [2.75, 3.05) is 27.2 Å². The van der Waals surface area contributed by atoms with E-state index in [4.69, 9.17) is 0 Å². The van der Waals surface area contributed by atoms with Crippen LogP contribution in [-0.4, -0.2) is 53.0 Å². The third-order valence-corrected chi connectivity index (χ3v) is 3.69. The number of aryl methyl sites for hydroxylation is 1. The van der Waals surface area contributed by atoms with Crippen molar-refractivity contribution in [1.29, 1.82) is 0 Å². The molecule has 1 aromatic heterocycles. The molecule has 2 heterocycles. The predicted molar refractivity (Wildman–Crippen MR) is 73.4 cm³/mol. The molecule has 0 aliphatic carbocycles. The summed E-state index contributed by atoms with van der Waals surface area (Å²) >= 11 is 0. The Bertz CT molecular complexity index is 361. The second kappa shape index (κ2) is 6.25. The SMILES string of the molecule is CCc1ncc(CN2CCC[C@@H](N(C)C)C2)cn1. The minimum Gasteiger partial charge on any atom is -0.305 e. The van der Waals surface area contributed by atoms with Crippen molar-refractivity contribution in [2.24, 2.45) is 0 Å². The molecule has 4 nitrogen and oxygen atoms in total. The molecule has 2 rings (SSSR count). The highest BCUT2D eigenvalue weighted by atomic mass is 15.2. The average Bonchev–Trinajstić information content (AvgIpc) is 2.40. The molecule has 4 heteroatoms. The Morgan fingerprint density at radius 1 is 1.33 bits per heavy atom. The largest absolute Gasteiger partial charge is 0.305 e. The molecule has 0 aromatic carbocycles. The molecule has 0 unspecified atom stereocenters. The summed E-state index contributed by atoms with van der Waals surface area (Å²) in [7, 11) is 4.35. The number of likely N-dealkylation sites (N-methyl/N-ethyl adjacent to an activating group) is 1. The number of aromatic nitrogens is 2. The Morgan fingerprint density at radius 3 is 2.67 bits per heavy atom. The third-order valence-electron chi connectivity index (χ3n) is 3.69. The van der Waals surface area contributed by atoms with Gasteiger partial charge in [-0.3, -0.25) is 4.90 Å². The van der Waals surface area contributed by atoms with Gasteiger partial charge in [0.05, 0.1) is 0 Å². The van der Waals surface area contributed by atoms with E-state index in [1.807, 2.05) is 12.4 Å². The summed E-state index contributed by atoms with van der Waals surface area (Å²) < 4.78 is 0. The maximum Gasteiger partial charge on any atom is 0.127 e. The van der Waals surface area contributed by atoms with Crippen molar-refractivity contribution in [1.82, 2.24) is 19.8 Å². The molecule has 1 fully saturated rings. The minimum absolute atomic E-state index is 0.689. The molecule has 1 saturated heterocycles. The number of likely N-dealkylation sites (tertiary alicyclic amines) is 1. The van der Waals surface area contributed by atoms with Crippen LogP contribution in [0.4, 0.5) is 0 Å². The van der Waals surface area contributed by atoms with Crippen molar-refractivity contribution in [3.8, 4) is 0 Å². The van der Waals surface area contributed by atoms with Gasteiger partial charge < -0.3 is 4.90 Å². The maximum absolute atomic E-state index is 4.37. The topological polar surface area (TPSA) is 32.3 Å². The molecule has 0 N–H and O–H groups in total. The molecule has 1 aliphatic rings. The molecule has 0 saturated carbocycles. The first kappa shape index (κ1) is 13.4. The fourth-order valence-corrected chi connectivity index (χ4v) is 2.50. The normalized spacial score (nSPS) is 21.4. The van der Waals surface area contributed by atoms with E-state index in [2.05, 4.69) is 40.8 Å². The Labute approximate surface area is 110 Å². The van der Waals surface area contributed by atoms with Gasteiger partial charge >= 0.3 is 0 Å². The van der Waals surface area contributed by atoms with Crippen LogP contribution in [0, 0.1) is 0 Å². The maximum atomic E-state index is 4.37. The van der Waals surface area contributed by atoms with Gasteiger partial charge in [-0.25, -0.2) is 9.97 Å². The fraction of sp³-hybridized carbons (Fsp3) is 0.714. The fourth-order valence-electron chi connectivity index (χ4n) is 2.50. The highest BCUT2D eigenvalue weighted by Gasteiger charge is 2.21. The van der Waals surface area contributed by atoms with Crippen LogP contribution in [0.25, 0.3) is 0 Å². The van der Waals surface area contributed by atoms with Gasteiger partial charge in [0, 0.05) is 43.5 Å². The van der Waals surface area contributed by atoms with Gasteiger partial charge in [-0.2, -0.15) is 0 Å². The molecular weight excluding hydrogens is 224 g/mol. The van der Waals surface area contributed by atoms with E-state index in [0.29, 0.717) is 6.04 Å². The van der Waals surface area contributed by atoms with Crippen LogP contribution in [0.15, 0.2) is 12.4 Å². The van der Waals surface area contributed by atoms with Gasteiger partial charge in [0.1, 0.15) is 5.82 Å². The zero-order valence-corrected chi connectivity index (χ0v) is 11.8. The van der Waals surface area contributed by atoms with Crippen LogP contribution in [-0.2, 0) is 13.0 Å². The van der Waals surface area contributed by atoms with Crippen molar-refractivity contribution in [3.63, 3.8) is 0 Å². The standard InChI is InChI=1S/C14H24N4/c1-4-14-15-8-12(9-16-14)10-18-7-5-6-13(11-18)17(2)3/h8-9,13H,4-7,10-11H2,1-3H3/t13-/m1/s1. The Balaban J connectivity index is 1.91. The lowest BCUT2D eigenvalue weighted by Gasteiger charge is -2.36. The van der Waals surface area contributed by atoms with E-state index in [1.165, 1.54) is 24.9 Å². The number of nitrogens with zero attached hydrogens (tertiary/aromatic N) is 4. The summed E-state index contributed by atoms with van der Waals surface area (Å²) in [5.41, 5.74) is 1.23. The van der Waals surface area contributed by atoms with Crippen LogP contribution >= 0.6 is 0 Å². The highest BCUT2D eigenvalue weighted by molar-refractivity contribution is 5.05. The van der Waals surface area contributed by atoms with E-state index < -0.39 is 0 Å². The minimum atomic E-state index is 0.689. The lowest BCUT2D eigenvalue weighted by atomic mass is 10.0. The van der Waals surface area contributed by atoms with Gasteiger partial charge in [-0.05, 0) is 33.5 Å². The van der Waals surface area contributed by atoms with Crippen LogP contribution in [0.2, 0.25) is 0 Å². The zero-order chi connectivity index (χ0) is 13.0. The summed E-state index contributed by atoms with van der Waals surface area (Å²) in [5, 5.41) is 0. The summed E-state index contributed by atoms with van der Waals surface area (Å²) in [6.45, 7) is 5.41. The van der Waals surface area contributed by atoms with Crippen LogP contribution in [0.5, 0.6) is 0 Å². The predicted octanol–water partition coefficient (Wildman–Crippen LogP) is 1.56. The first-order valence-corrected chi connectivity index (χ1v) is 6.87. The Morgan fingerprint density at radius 2 is 2.06 bits per heavy atom. The second-order valence-electron chi connectivity index (χ2n) is 5.36. The number of piperidine rings is 1. The van der Waals surface area contributed by atoms with Crippen molar-refractivity contribution in [3.05, 3.63) is 23.8 Å². The van der Waals surface area contributed by atoms with E-state index in [-0.39, 0.29) is 0 Å². The molecule has 1 atom stereocenters. The van der Waals surface area contributed by atoms with Crippen LogP contribution in [0.1, 0.15) is 31.2 Å². The Kier molecular flexibility index (Phi) is 4.66. The number of rotatable bonds is 4. The Hall–Kier alpha value is -1.00. The van der Waals surface area contributed by atoms with Crippen molar-refractivity contribution < 1.29 is 0 Å². The third kappa shape index (κ3) is 3.50. The number of hydrogen-bond donors (Lipinski definition) is 0. The quantitative estimate of drug-likeness (QED) is 0.809. The number of hydrogen-bond acceptors (Lipinski definition) is 4. The lowest BCUT2D eigenvalue weighted by molar-refractivity contribution is 0.127. The summed E-state index contributed by atoms with van der Waals surface area (Å²) in [5.74, 6) is 0.934. The van der Waals surface area contributed by atoms with Gasteiger partial charge in [-0.15, -0.1) is 0 Å². The van der Waals surface area contributed by atoms with Gasteiger partial charge in [0.15, 0.2) is 0 Å². The van der Waals surface area contributed by atoms with Crippen LogP contribution < -0.4 is 0 Å². The summed E-state index contributed by atoms with van der Waals surface area (Å²) in [6.07, 6.45) is 7.47. The monoisotopic (exact) mass is 248 g/mol. The van der Waals surface area contributed by atoms with Gasteiger partial charge in [-0.1, -0.05) is 6.92 Å². The van der Waals surface area contributed by atoms with Crippen LogP contribution in [0.3, 0.4) is 0 Å². The van der Waals surface area contributed by atoms with Crippen molar-refractivity contribution in [2.45, 2.75) is 38.8 Å². The summed E-state index contributed by atoms with van der Waals surface area (Å²) in [6, 6.07) is 0.689. The first-order valence-electron chi connectivity index (χ1n) is 6.87. The lowest BCUT2D eigenvalue weighted by Crippen LogP contribution is -2.44. The molecule has 0 bridgehead atoms. The second-order valence-corrected chi connectivity index (χ2v) is 5.36. The van der Waals surface area contributed by atoms with E-state index in [9.17, 15) is 0 Å². The van der Waals surface area contributed by atoms with Crippen molar-refractivity contribution >= 4 is 0 Å². The van der Waals surface area contributed by atoms with E-state index in [0.717, 1.165) is 25.3 Å². The molecule has 0 amide bonds. The molecule has 0 spiro atoms. The summed E-state index contributed by atoms with van der Waals surface area (Å²) in [4.78, 5) is 13.6. The molecule has 1 aromatic rings. The van der Waals surface area contributed by atoms with E-state index in [1.54, 1.807) is 0 Å².